The summed E-state index contributed by atoms with van der Waals surface area (Å²) in [5, 5.41) is 0. The summed E-state index contributed by atoms with van der Waals surface area (Å²) >= 11 is 0. The van der Waals surface area contributed by atoms with Gasteiger partial charge in [0.05, 0.1) is 6.26 Å². The van der Waals surface area contributed by atoms with E-state index in [2.05, 4.69) is 0 Å². The highest BCUT2D eigenvalue weighted by Crippen LogP contribution is 2.15. The Bertz CT molecular complexity index is 466. The van der Waals surface area contributed by atoms with Crippen molar-refractivity contribution in [3.8, 4) is 0 Å². The molecule has 0 bridgehead atoms. The minimum absolute atomic E-state index is 0.236. The Kier molecular flexibility index (Phi) is 2.44. The van der Waals surface area contributed by atoms with Crippen molar-refractivity contribution in [3.63, 3.8) is 0 Å². The number of hydrogen-bond acceptors (Lipinski definition) is 4. The van der Waals surface area contributed by atoms with E-state index in [-0.39, 0.29) is 4.90 Å². The zero-order valence-corrected chi connectivity index (χ0v) is 8.90. The normalized spacial score (nSPS) is 13.1. The van der Waals surface area contributed by atoms with E-state index in [0.29, 0.717) is 0 Å². The number of halogens is 1. The van der Waals surface area contributed by atoms with Crippen LogP contribution in [0, 0.1) is 0 Å². The minimum atomic E-state index is -3.86. The second-order valence-corrected chi connectivity index (χ2v) is 6.83. The molecule has 13 heavy (non-hydrogen) atoms. The Morgan fingerprint density at radius 2 is 1.85 bits per heavy atom. The van der Waals surface area contributed by atoms with Crippen molar-refractivity contribution in [2.45, 2.75) is 4.90 Å². The topological polar surface area (TPSA) is 73.2 Å². The molecule has 1 aromatic rings. The van der Waals surface area contributed by atoms with Crippen LogP contribution in [0.1, 0.15) is 0 Å². The van der Waals surface area contributed by atoms with Crippen LogP contribution in [0.3, 0.4) is 0 Å². The van der Waals surface area contributed by atoms with Gasteiger partial charge in [-0.05, 0) is 6.07 Å². The van der Waals surface area contributed by atoms with Crippen molar-refractivity contribution >= 4 is 29.8 Å². The quantitative estimate of drug-likeness (QED) is 0.697. The highest BCUT2D eigenvalue weighted by Gasteiger charge is 2.14. The maximum Gasteiger partial charge on any atom is 0.262 e. The van der Waals surface area contributed by atoms with E-state index in [1.807, 2.05) is 0 Å². The van der Waals surface area contributed by atoms with Crippen molar-refractivity contribution in [1.29, 1.82) is 0 Å². The number of hydrogen-bond donors (Lipinski definition) is 0. The van der Waals surface area contributed by atoms with Crippen molar-refractivity contribution in [2.75, 3.05) is 6.26 Å². The maximum atomic E-state index is 10.9. The van der Waals surface area contributed by atoms with Crippen LogP contribution in [0.15, 0.2) is 23.4 Å². The zero-order valence-electron chi connectivity index (χ0n) is 6.51. The van der Waals surface area contributed by atoms with Gasteiger partial charge < -0.3 is 0 Å². The molecule has 0 spiro atoms. The lowest BCUT2D eigenvalue weighted by Crippen LogP contribution is -2.06. The van der Waals surface area contributed by atoms with Crippen LogP contribution < -0.4 is 0 Å². The van der Waals surface area contributed by atoms with Gasteiger partial charge in [-0.2, -0.15) is 0 Å². The van der Waals surface area contributed by atoms with Crippen LogP contribution >= 0.6 is 10.7 Å². The molecule has 0 amide bonds. The number of nitrogens with zero attached hydrogens (tertiary/aromatic N) is 1. The fourth-order valence-corrected chi connectivity index (χ4v) is 2.10. The minimum Gasteiger partial charge on any atom is -0.252 e. The van der Waals surface area contributed by atoms with Crippen LogP contribution in [-0.2, 0) is 19.1 Å². The highest BCUT2D eigenvalue weighted by atomic mass is 35.7. The third-order valence-corrected chi connectivity index (χ3v) is 3.64. The summed E-state index contributed by atoms with van der Waals surface area (Å²) < 4.78 is 44.0. The zero-order chi connectivity index (χ0) is 10.3. The van der Waals surface area contributed by atoms with Gasteiger partial charge >= 0.3 is 0 Å². The summed E-state index contributed by atoms with van der Waals surface area (Å²) in [6, 6.07) is 1.11. The standard InChI is InChI=1S/C5H6ClNO4S2/c1-12(8,9)7-3-2-5(4-7)13(6,10)11/h2-4H,1H3. The highest BCUT2D eigenvalue weighted by molar-refractivity contribution is 8.13. The van der Waals surface area contributed by atoms with E-state index in [1.54, 1.807) is 0 Å². The number of rotatable bonds is 2. The molecule has 1 heterocycles. The lowest BCUT2D eigenvalue weighted by molar-refractivity contribution is 0.593. The summed E-state index contributed by atoms with van der Waals surface area (Å²) in [7, 11) is -2.32. The van der Waals surface area contributed by atoms with Gasteiger partial charge in [0.1, 0.15) is 4.90 Å². The van der Waals surface area contributed by atoms with E-state index in [0.717, 1.165) is 28.7 Å². The lowest BCUT2D eigenvalue weighted by atomic mass is 10.7. The maximum absolute atomic E-state index is 10.9. The van der Waals surface area contributed by atoms with Crippen LogP contribution in [0.4, 0.5) is 0 Å². The summed E-state index contributed by atoms with van der Waals surface area (Å²) in [5.74, 6) is 0. The molecule has 0 radical (unpaired) electrons. The first-order valence-electron chi connectivity index (χ1n) is 3.04. The van der Waals surface area contributed by atoms with E-state index >= 15 is 0 Å². The second-order valence-electron chi connectivity index (χ2n) is 2.38. The van der Waals surface area contributed by atoms with Gasteiger partial charge in [0.25, 0.3) is 9.05 Å². The van der Waals surface area contributed by atoms with Gasteiger partial charge in [0.2, 0.25) is 10.0 Å². The molecule has 0 aliphatic heterocycles. The van der Waals surface area contributed by atoms with E-state index in [1.165, 1.54) is 0 Å². The Hall–Kier alpha value is -0.530. The van der Waals surface area contributed by atoms with Crippen LogP contribution in [0.5, 0.6) is 0 Å². The molecule has 1 aromatic heterocycles. The number of aromatic nitrogens is 1. The Morgan fingerprint density at radius 3 is 2.08 bits per heavy atom. The molecule has 8 heteroatoms. The molecule has 0 fully saturated rings. The molecule has 0 atom stereocenters. The summed E-state index contributed by atoms with van der Waals surface area (Å²) in [5.41, 5.74) is 0. The Balaban J connectivity index is 3.32. The van der Waals surface area contributed by atoms with Crippen molar-refractivity contribution in [3.05, 3.63) is 18.5 Å². The summed E-state index contributed by atoms with van der Waals surface area (Å²) in [4.78, 5) is -0.236. The van der Waals surface area contributed by atoms with Crippen molar-refractivity contribution in [2.24, 2.45) is 0 Å². The van der Waals surface area contributed by atoms with Gasteiger partial charge in [0.15, 0.2) is 0 Å². The van der Waals surface area contributed by atoms with Crippen LogP contribution in [0.2, 0.25) is 0 Å². The van der Waals surface area contributed by atoms with Crippen molar-refractivity contribution in [1.82, 2.24) is 3.97 Å². The van der Waals surface area contributed by atoms with Gasteiger partial charge in [0, 0.05) is 23.1 Å². The first-order valence-corrected chi connectivity index (χ1v) is 7.20. The molecule has 0 aliphatic rings. The molecule has 1 rings (SSSR count). The van der Waals surface area contributed by atoms with E-state index in [4.69, 9.17) is 10.7 Å². The van der Waals surface area contributed by atoms with Crippen LogP contribution in [0.25, 0.3) is 0 Å². The predicted octanol–water partition coefficient (Wildman–Crippen LogP) is 0.223. The molecule has 0 saturated carbocycles. The average molecular weight is 244 g/mol. The first-order chi connectivity index (χ1) is 5.71. The average Bonchev–Trinajstić information content (AvgIpc) is 2.28. The molecule has 0 saturated heterocycles. The Labute approximate surface area is 80.4 Å². The van der Waals surface area contributed by atoms with E-state index in [9.17, 15) is 16.8 Å². The molecule has 74 valence electrons. The molecule has 0 aliphatic carbocycles. The SMILES string of the molecule is CS(=O)(=O)n1ccc(S(=O)(=O)Cl)c1. The van der Waals surface area contributed by atoms with Gasteiger partial charge in [-0.25, -0.2) is 16.8 Å². The Morgan fingerprint density at radius 1 is 1.31 bits per heavy atom. The lowest BCUT2D eigenvalue weighted by Gasteiger charge is -1.95. The molecule has 5 nitrogen and oxygen atoms in total. The monoisotopic (exact) mass is 243 g/mol. The van der Waals surface area contributed by atoms with Crippen LogP contribution in [-0.4, -0.2) is 27.1 Å². The van der Waals surface area contributed by atoms with Gasteiger partial charge in [-0.1, -0.05) is 0 Å². The van der Waals surface area contributed by atoms with Gasteiger partial charge in [-0.15, -0.1) is 0 Å². The third kappa shape index (κ3) is 2.45. The summed E-state index contributed by atoms with van der Waals surface area (Å²) in [6.07, 6.45) is 3.01. The summed E-state index contributed by atoms with van der Waals surface area (Å²) in [6.45, 7) is 0. The first kappa shape index (κ1) is 10.6. The third-order valence-electron chi connectivity index (χ3n) is 1.30. The van der Waals surface area contributed by atoms with E-state index < -0.39 is 19.1 Å². The molecular weight excluding hydrogens is 238 g/mol. The molecule has 0 aromatic carbocycles. The second kappa shape index (κ2) is 3.00. The largest absolute Gasteiger partial charge is 0.262 e. The smallest absolute Gasteiger partial charge is 0.252 e. The molecule has 0 unspecified atom stereocenters. The van der Waals surface area contributed by atoms with Gasteiger partial charge in [-0.3, -0.25) is 3.97 Å². The van der Waals surface area contributed by atoms with Crippen molar-refractivity contribution < 1.29 is 16.8 Å². The predicted molar refractivity (Wildman–Crippen MR) is 47.7 cm³/mol. The molecular formula is C5H6ClNO4S2. The molecule has 0 N–H and O–H groups in total. The fraction of sp³-hybridized carbons (Fsp3) is 0.200. The fourth-order valence-electron chi connectivity index (χ4n) is 0.709.